The van der Waals surface area contributed by atoms with E-state index in [2.05, 4.69) is 20.9 Å². The minimum atomic E-state index is -4.09. The molecule has 1 atom stereocenters. The summed E-state index contributed by atoms with van der Waals surface area (Å²) in [6, 6.07) is 6.81. The van der Waals surface area contributed by atoms with Crippen LogP contribution in [0.2, 0.25) is 0 Å². The maximum Gasteiger partial charge on any atom is 0.246 e. The zero-order valence-corrected chi connectivity index (χ0v) is 15.5. The molecule has 0 radical (unpaired) electrons. The second kappa shape index (κ2) is 7.38. The van der Waals surface area contributed by atoms with Gasteiger partial charge in [0.15, 0.2) is 0 Å². The van der Waals surface area contributed by atoms with Gasteiger partial charge in [0.1, 0.15) is 16.8 Å². The molecule has 24 heavy (non-hydrogen) atoms. The molecule has 0 spiro atoms. The fraction of sp³-hybridized carbons (Fsp3) is 0.250. The van der Waals surface area contributed by atoms with Gasteiger partial charge in [-0.05, 0) is 46.6 Å². The largest absolute Gasteiger partial charge is 0.264 e. The highest BCUT2D eigenvalue weighted by molar-refractivity contribution is 9.10. The topological polar surface area (TPSA) is 74.1 Å². The molecule has 0 saturated heterocycles. The van der Waals surface area contributed by atoms with Crippen molar-refractivity contribution in [3.05, 3.63) is 58.1 Å². The number of halogens is 2. The Morgan fingerprint density at radius 2 is 2.17 bits per heavy atom. The van der Waals surface area contributed by atoms with Gasteiger partial charge >= 0.3 is 0 Å². The summed E-state index contributed by atoms with van der Waals surface area (Å²) in [4.78, 5) is 3.53. The van der Waals surface area contributed by atoms with Crippen LogP contribution in [0.25, 0.3) is 0 Å². The van der Waals surface area contributed by atoms with Gasteiger partial charge in [-0.15, -0.1) is 0 Å². The number of aromatic nitrogens is 1. The van der Waals surface area contributed by atoms with Crippen LogP contribution >= 0.6 is 15.9 Å². The van der Waals surface area contributed by atoms with Crippen molar-refractivity contribution < 1.29 is 12.8 Å². The van der Waals surface area contributed by atoms with Crippen molar-refractivity contribution in [2.24, 2.45) is 0 Å². The first-order chi connectivity index (χ1) is 11.3. The molecule has 0 unspecified atom stereocenters. The fourth-order valence-electron chi connectivity index (χ4n) is 2.38. The Kier molecular flexibility index (Phi) is 5.70. The maximum atomic E-state index is 14.3. The normalized spacial score (nSPS) is 12.8. The number of benzene rings is 1. The highest BCUT2D eigenvalue weighted by Crippen LogP contribution is 2.31. The van der Waals surface area contributed by atoms with Crippen LogP contribution in [0.3, 0.4) is 0 Å². The molecule has 0 aliphatic carbocycles. The summed E-state index contributed by atoms with van der Waals surface area (Å²) in [7, 11) is -4.09. The molecule has 1 heterocycles. The standard InChI is InChI=1S/C16H15BrFN3O2S/c1-3-21(11(2)12-5-4-6-20-10-12)24(22,23)16-8-14(17)13(9-19)7-15(16)18/h4-8,10-11H,3H2,1-2H3/t11-/m0/s1. The van der Waals surface area contributed by atoms with E-state index in [0.29, 0.717) is 5.56 Å². The van der Waals surface area contributed by atoms with E-state index in [0.717, 1.165) is 12.1 Å². The van der Waals surface area contributed by atoms with Gasteiger partial charge in [0.25, 0.3) is 0 Å². The molecule has 0 fully saturated rings. The number of sulfonamides is 1. The minimum Gasteiger partial charge on any atom is -0.264 e. The van der Waals surface area contributed by atoms with Crippen molar-refractivity contribution in [1.82, 2.24) is 9.29 Å². The lowest BCUT2D eigenvalue weighted by molar-refractivity contribution is 0.354. The maximum absolute atomic E-state index is 14.3. The monoisotopic (exact) mass is 411 g/mol. The van der Waals surface area contributed by atoms with E-state index in [1.54, 1.807) is 44.4 Å². The second-order valence-corrected chi connectivity index (χ2v) is 7.76. The average Bonchev–Trinajstić information content (AvgIpc) is 2.57. The highest BCUT2D eigenvalue weighted by Gasteiger charge is 2.31. The Hall–Kier alpha value is -1.82. The third-order valence-electron chi connectivity index (χ3n) is 3.64. The smallest absolute Gasteiger partial charge is 0.246 e. The SMILES string of the molecule is CCN([C@@H](C)c1cccnc1)S(=O)(=O)c1cc(Br)c(C#N)cc1F. The summed E-state index contributed by atoms with van der Waals surface area (Å²) in [6.45, 7) is 3.56. The minimum absolute atomic E-state index is 0.0369. The first kappa shape index (κ1) is 18.5. The summed E-state index contributed by atoms with van der Waals surface area (Å²) in [6.07, 6.45) is 3.17. The van der Waals surface area contributed by atoms with Gasteiger partial charge in [-0.2, -0.15) is 9.57 Å². The molecule has 0 saturated carbocycles. The lowest BCUT2D eigenvalue weighted by Crippen LogP contribution is -2.34. The third kappa shape index (κ3) is 3.48. The van der Waals surface area contributed by atoms with Crippen LogP contribution in [0.4, 0.5) is 4.39 Å². The van der Waals surface area contributed by atoms with Crippen molar-refractivity contribution in [2.75, 3.05) is 6.54 Å². The molecule has 1 aromatic carbocycles. The van der Waals surface area contributed by atoms with Crippen molar-refractivity contribution in [3.8, 4) is 6.07 Å². The number of nitrogens with zero attached hydrogens (tertiary/aromatic N) is 3. The number of rotatable bonds is 5. The van der Waals surface area contributed by atoms with Gasteiger partial charge in [-0.25, -0.2) is 12.8 Å². The molecule has 1 aromatic heterocycles. The van der Waals surface area contributed by atoms with Gasteiger partial charge < -0.3 is 0 Å². The molecule has 0 aliphatic heterocycles. The second-order valence-electron chi connectivity index (χ2n) is 5.04. The predicted molar refractivity (Wildman–Crippen MR) is 91.0 cm³/mol. The van der Waals surface area contributed by atoms with Crippen molar-refractivity contribution in [1.29, 1.82) is 5.26 Å². The predicted octanol–water partition coefficient (Wildman–Crippen LogP) is 3.63. The molecule has 5 nitrogen and oxygen atoms in total. The van der Waals surface area contributed by atoms with E-state index < -0.39 is 26.8 Å². The first-order valence-corrected chi connectivity index (χ1v) is 9.37. The molecule has 0 bridgehead atoms. The fourth-order valence-corrected chi connectivity index (χ4v) is 4.67. The molecule has 8 heteroatoms. The number of pyridine rings is 1. The van der Waals surface area contributed by atoms with E-state index in [9.17, 15) is 12.8 Å². The zero-order valence-electron chi connectivity index (χ0n) is 13.1. The molecular weight excluding hydrogens is 397 g/mol. The number of hydrogen-bond acceptors (Lipinski definition) is 4. The zero-order chi connectivity index (χ0) is 17.9. The van der Waals surface area contributed by atoms with E-state index in [-0.39, 0.29) is 16.6 Å². The molecule has 0 amide bonds. The lowest BCUT2D eigenvalue weighted by atomic mass is 10.1. The van der Waals surface area contributed by atoms with Gasteiger partial charge in [-0.1, -0.05) is 13.0 Å². The molecular formula is C16H15BrFN3O2S. The summed E-state index contributed by atoms with van der Waals surface area (Å²) in [5, 5.41) is 8.92. The van der Waals surface area contributed by atoms with Crippen LogP contribution in [-0.2, 0) is 10.0 Å². The third-order valence-corrected chi connectivity index (χ3v) is 6.36. The van der Waals surface area contributed by atoms with Crippen molar-refractivity contribution >= 4 is 26.0 Å². The average molecular weight is 412 g/mol. The summed E-state index contributed by atoms with van der Waals surface area (Å²) < 4.78 is 41.5. The molecule has 0 N–H and O–H groups in total. The van der Waals surface area contributed by atoms with Crippen molar-refractivity contribution in [3.63, 3.8) is 0 Å². The molecule has 126 valence electrons. The van der Waals surface area contributed by atoms with Gasteiger partial charge in [0.05, 0.1) is 5.56 Å². The quantitative estimate of drug-likeness (QED) is 0.752. The molecule has 0 aliphatic rings. The van der Waals surface area contributed by atoms with Crippen LogP contribution in [-0.4, -0.2) is 24.3 Å². The lowest BCUT2D eigenvalue weighted by Gasteiger charge is -2.27. The van der Waals surface area contributed by atoms with Crippen LogP contribution in [0.1, 0.15) is 31.0 Å². The summed E-state index contributed by atoms with van der Waals surface area (Å²) >= 11 is 3.10. The van der Waals surface area contributed by atoms with Crippen molar-refractivity contribution in [2.45, 2.75) is 24.8 Å². The Bertz CT molecular complexity index is 882. The summed E-state index contributed by atoms with van der Waals surface area (Å²) in [5.41, 5.74) is 0.742. The molecule has 2 rings (SSSR count). The van der Waals surface area contributed by atoms with Crippen LogP contribution in [0.5, 0.6) is 0 Å². The van der Waals surface area contributed by atoms with Crippen LogP contribution in [0, 0.1) is 17.1 Å². The van der Waals surface area contributed by atoms with E-state index in [1.165, 1.54) is 4.31 Å². The number of hydrogen-bond donors (Lipinski definition) is 0. The van der Waals surface area contributed by atoms with Gasteiger partial charge in [-0.3, -0.25) is 4.98 Å². The van der Waals surface area contributed by atoms with Crippen LogP contribution in [0.15, 0.2) is 46.0 Å². The van der Waals surface area contributed by atoms with Gasteiger partial charge in [0, 0.05) is 29.5 Å². The van der Waals surface area contributed by atoms with E-state index in [4.69, 9.17) is 5.26 Å². The Morgan fingerprint density at radius 3 is 2.71 bits per heavy atom. The summed E-state index contributed by atoms with van der Waals surface area (Å²) in [5.74, 6) is -0.952. The first-order valence-electron chi connectivity index (χ1n) is 7.13. The van der Waals surface area contributed by atoms with Gasteiger partial charge in [0.2, 0.25) is 10.0 Å². The molecule has 2 aromatic rings. The van der Waals surface area contributed by atoms with E-state index in [1.807, 2.05) is 0 Å². The van der Waals surface area contributed by atoms with E-state index >= 15 is 0 Å². The highest BCUT2D eigenvalue weighted by atomic mass is 79.9. The number of nitriles is 1. The Labute approximate surface area is 148 Å². The Balaban J connectivity index is 2.52. The van der Waals surface area contributed by atoms with Crippen LogP contribution < -0.4 is 0 Å². The Morgan fingerprint density at radius 1 is 1.46 bits per heavy atom.